The zero-order valence-electron chi connectivity index (χ0n) is 10.6. The van der Waals surface area contributed by atoms with Crippen LogP contribution < -0.4 is 11.3 Å². The second-order valence-corrected chi connectivity index (χ2v) is 7.18. The first-order valence-corrected chi connectivity index (χ1v) is 7.85. The van der Waals surface area contributed by atoms with Crippen molar-refractivity contribution in [3.63, 3.8) is 0 Å². The molecule has 0 spiro atoms. The van der Waals surface area contributed by atoms with Gasteiger partial charge in [-0.2, -0.15) is 0 Å². The molecule has 0 bridgehead atoms. The maximum atomic E-state index is 12.3. The molecule has 1 aliphatic carbocycles. The van der Waals surface area contributed by atoms with E-state index < -0.39 is 10.0 Å². The van der Waals surface area contributed by atoms with E-state index in [0.29, 0.717) is 12.5 Å². The fourth-order valence-corrected chi connectivity index (χ4v) is 3.49. The fraction of sp³-hybridized carbons (Fsp3) is 0.545. The maximum absolute atomic E-state index is 12.3. The molecule has 0 atom stereocenters. The number of hydrazine groups is 1. The number of hydrogen-bond acceptors (Lipinski definition) is 5. The number of rotatable bonds is 5. The first-order valence-electron chi connectivity index (χ1n) is 6.03. The van der Waals surface area contributed by atoms with Crippen LogP contribution in [0.15, 0.2) is 17.2 Å². The van der Waals surface area contributed by atoms with Crippen LogP contribution in [-0.2, 0) is 10.0 Å². The van der Waals surface area contributed by atoms with Gasteiger partial charge in [0.05, 0.1) is 5.02 Å². The normalized spacial score (nSPS) is 16.4. The van der Waals surface area contributed by atoms with E-state index >= 15 is 0 Å². The van der Waals surface area contributed by atoms with Crippen molar-refractivity contribution in [3.8, 4) is 0 Å². The van der Waals surface area contributed by atoms with Crippen molar-refractivity contribution >= 4 is 27.4 Å². The molecule has 6 nitrogen and oxygen atoms in total. The Morgan fingerprint density at radius 3 is 2.74 bits per heavy atom. The van der Waals surface area contributed by atoms with E-state index in [2.05, 4.69) is 10.4 Å². The van der Waals surface area contributed by atoms with E-state index in [1.165, 1.54) is 23.0 Å². The molecule has 0 aromatic carbocycles. The first kappa shape index (κ1) is 14.5. The van der Waals surface area contributed by atoms with Crippen LogP contribution in [0.4, 0.5) is 5.82 Å². The minimum atomic E-state index is -3.54. The van der Waals surface area contributed by atoms with E-state index in [0.717, 1.165) is 12.8 Å². The lowest BCUT2D eigenvalue weighted by molar-refractivity contribution is 0.263. The number of nitrogens with zero attached hydrogens (tertiary/aromatic N) is 2. The molecule has 1 aliphatic rings. The molecule has 0 aliphatic heterocycles. The van der Waals surface area contributed by atoms with Crippen LogP contribution in [0.25, 0.3) is 0 Å². The molecule has 1 saturated carbocycles. The quantitative estimate of drug-likeness (QED) is 0.635. The highest BCUT2D eigenvalue weighted by molar-refractivity contribution is 7.89. The monoisotopic (exact) mass is 304 g/mol. The number of halogens is 1. The zero-order valence-corrected chi connectivity index (χ0v) is 12.2. The van der Waals surface area contributed by atoms with E-state index in [9.17, 15) is 8.42 Å². The summed E-state index contributed by atoms with van der Waals surface area (Å²) in [5.74, 6) is 5.92. The molecular formula is C11H17ClN4O2S. The Morgan fingerprint density at radius 1 is 1.58 bits per heavy atom. The van der Waals surface area contributed by atoms with Gasteiger partial charge in [0.2, 0.25) is 10.0 Å². The van der Waals surface area contributed by atoms with Crippen molar-refractivity contribution in [2.75, 3.05) is 19.0 Å². The van der Waals surface area contributed by atoms with Gasteiger partial charge in [0, 0.05) is 19.8 Å². The number of nitrogens with one attached hydrogen (secondary N) is 1. The van der Waals surface area contributed by atoms with Crippen molar-refractivity contribution in [3.05, 3.63) is 17.3 Å². The minimum absolute atomic E-state index is 0.0818. The standard InChI is InChI=1S/C11H17ClN4O2S/c1-16(7-8-3-2-4-8)19(17,18)9-5-10(12)11(15-13)14-6-9/h5-6,8H,2-4,7,13H2,1H3,(H,14,15). The third-order valence-electron chi connectivity index (χ3n) is 3.40. The topological polar surface area (TPSA) is 88.3 Å². The van der Waals surface area contributed by atoms with Gasteiger partial charge in [-0.1, -0.05) is 18.0 Å². The maximum Gasteiger partial charge on any atom is 0.244 e. The largest absolute Gasteiger partial charge is 0.307 e. The number of aromatic nitrogens is 1. The molecule has 1 aromatic heterocycles. The molecule has 0 radical (unpaired) electrons. The van der Waals surface area contributed by atoms with Crippen LogP contribution in [0, 0.1) is 5.92 Å². The van der Waals surface area contributed by atoms with E-state index in [-0.39, 0.29) is 15.7 Å². The van der Waals surface area contributed by atoms with Gasteiger partial charge in [-0.3, -0.25) is 0 Å². The Kier molecular flexibility index (Phi) is 4.29. The Morgan fingerprint density at radius 2 is 2.26 bits per heavy atom. The van der Waals surface area contributed by atoms with Gasteiger partial charge in [0.15, 0.2) is 5.82 Å². The minimum Gasteiger partial charge on any atom is -0.307 e. The summed E-state index contributed by atoms with van der Waals surface area (Å²) in [7, 11) is -1.96. The van der Waals surface area contributed by atoms with Crippen molar-refractivity contribution in [2.24, 2.45) is 11.8 Å². The fourth-order valence-electron chi connectivity index (χ4n) is 1.98. The molecule has 106 valence electrons. The average molecular weight is 305 g/mol. The molecule has 0 saturated heterocycles. The molecule has 19 heavy (non-hydrogen) atoms. The average Bonchev–Trinajstić information content (AvgIpc) is 2.33. The van der Waals surface area contributed by atoms with Gasteiger partial charge < -0.3 is 5.43 Å². The van der Waals surface area contributed by atoms with Crippen LogP contribution in [0.3, 0.4) is 0 Å². The molecule has 0 unspecified atom stereocenters. The van der Waals surface area contributed by atoms with Gasteiger partial charge in [0.25, 0.3) is 0 Å². The van der Waals surface area contributed by atoms with Crippen molar-refractivity contribution < 1.29 is 8.42 Å². The second-order valence-electron chi connectivity index (χ2n) is 4.73. The smallest absolute Gasteiger partial charge is 0.244 e. The summed E-state index contributed by atoms with van der Waals surface area (Å²) in [6.45, 7) is 0.539. The predicted octanol–water partition coefficient (Wildman–Crippen LogP) is 1.44. The number of nitrogens with two attached hydrogens (primary N) is 1. The molecule has 1 fully saturated rings. The Bertz CT molecular complexity index is 560. The number of sulfonamides is 1. The molecular weight excluding hydrogens is 288 g/mol. The van der Waals surface area contributed by atoms with E-state index in [1.54, 1.807) is 7.05 Å². The van der Waals surface area contributed by atoms with Gasteiger partial charge in [0.1, 0.15) is 4.90 Å². The summed E-state index contributed by atoms with van der Waals surface area (Å²) >= 11 is 5.90. The molecule has 8 heteroatoms. The van der Waals surface area contributed by atoms with Crippen LogP contribution in [0.1, 0.15) is 19.3 Å². The lowest BCUT2D eigenvalue weighted by Crippen LogP contribution is -2.34. The number of pyridine rings is 1. The predicted molar refractivity (Wildman–Crippen MR) is 74.2 cm³/mol. The van der Waals surface area contributed by atoms with Crippen molar-refractivity contribution in [1.82, 2.24) is 9.29 Å². The summed E-state index contributed by atoms with van der Waals surface area (Å²) in [5, 5.41) is 0.181. The highest BCUT2D eigenvalue weighted by atomic mass is 35.5. The van der Waals surface area contributed by atoms with Gasteiger partial charge in [-0.25, -0.2) is 23.5 Å². The van der Waals surface area contributed by atoms with Gasteiger partial charge in [-0.15, -0.1) is 0 Å². The van der Waals surface area contributed by atoms with E-state index in [4.69, 9.17) is 17.4 Å². The number of anilines is 1. The third-order valence-corrected chi connectivity index (χ3v) is 5.48. The lowest BCUT2D eigenvalue weighted by atomic mass is 9.86. The Hall–Kier alpha value is -0.890. The Labute approximate surface area is 118 Å². The van der Waals surface area contributed by atoms with E-state index in [1.807, 2.05) is 0 Å². The summed E-state index contributed by atoms with van der Waals surface area (Å²) in [4.78, 5) is 3.97. The third kappa shape index (κ3) is 3.00. The lowest BCUT2D eigenvalue weighted by Gasteiger charge is -2.29. The molecule has 1 aromatic rings. The summed E-state index contributed by atoms with van der Waals surface area (Å²) in [6.07, 6.45) is 4.63. The van der Waals surface area contributed by atoms with Crippen LogP contribution in [-0.4, -0.2) is 31.3 Å². The SMILES string of the molecule is CN(CC1CCC1)S(=O)(=O)c1cnc(NN)c(Cl)c1. The highest BCUT2D eigenvalue weighted by Gasteiger charge is 2.27. The summed E-state index contributed by atoms with van der Waals surface area (Å²) in [5.41, 5.74) is 2.30. The van der Waals surface area contributed by atoms with Crippen molar-refractivity contribution in [1.29, 1.82) is 0 Å². The molecule has 3 N–H and O–H groups in total. The van der Waals surface area contributed by atoms with Gasteiger partial charge in [-0.05, 0) is 24.8 Å². The first-order chi connectivity index (χ1) is 8.95. The molecule has 2 rings (SSSR count). The van der Waals surface area contributed by atoms with Crippen LogP contribution >= 0.6 is 11.6 Å². The molecule has 1 heterocycles. The van der Waals surface area contributed by atoms with Gasteiger partial charge >= 0.3 is 0 Å². The highest BCUT2D eigenvalue weighted by Crippen LogP contribution is 2.29. The summed E-state index contributed by atoms with van der Waals surface area (Å²) < 4.78 is 26.0. The second kappa shape index (κ2) is 5.62. The molecule has 0 amide bonds. The number of hydrogen-bond donors (Lipinski definition) is 2. The number of nitrogen functional groups attached to an aromatic ring is 1. The zero-order chi connectivity index (χ0) is 14.0. The van der Waals surface area contributed by atoms with Crippen molar-refractivity contribution in [2.45, 2.75) is 24.2 Å². The summed E-state index contributed by atoms with van der Waals surface area (Å²) in [6, 6.07) is 1.36. The van der Waals surface area contributed by atoms with Crippen LogP contribution in [0.5, 0.6) is 0 Å². The van der Waals surface area contributed by atoms with Crippen LogP contribution in [0.2, 0.25) is 5.02 Å². The Balaban J connectivity index is 2.20.